The van der Waals surface area contributed by atoms with Crippen LogP contribution >= 0.6 is 15.9 Å². The first-order chi connectivity index (χ1) is 18.0. The van der Waals surface area contributed by atoms with Crippen LogP contribution < -0.4 is 5.32 Å². The maximum absolute atomic E-state index is 11.9. The Hall–Kier alpha value is -2.85. The number of hydrogen-bond acceptors (Lipinski definition) is 2. The van der Waals surface area contributed by atoms with Crippen LogP contribution in [0.2, 0.25) is 0 Å². The molecular formula is C34H48BrNO2. The number of phenols is 1. The van der Waals surface area contributed by atoms with Gasteiger partial charge in [-0.15, -0.1) is 0 Å². The minimum atomic E-state index is -0.151. The van der Waals surface area contributed by atoms with Crippen LogP contribution in [0.15, 0.2) is 83.4 Å². The summed E-state index contributed by atoms with van der Waals surface area (Å²) in [5, 5.41) is 12.6. The molecule has 4 heteroatoms. The first kappa shape index (κ1) is 35.2. The Bertz CT molecular complexity index is 1100. The predicted molar refractivity (Wildman–Crippen MR) is 171 cm³/mol. The maximum atomic E-state index is 11.9. The van der Waals surface area contributed by atoms with E-state index < -0.39 is 0 Å². The fraction of sp³-hybridized carbons (Fsp3) is 0.382. The molecule has 2 aromatic carbocycles. The molecule has 0 radical (unpaired) electrons. The molecule has 1 fully saturated rings. The zero-order chi connectivity index (χ0) is 29.3. The number of phenolic OH excluding ortho intramolecular Hbond substituents is 1. The second-order valence-electron chi connectivity index (χ2n) is 9.39. The van der Waals surface area contributed by atoms with Gasteiger partial charge in [-0.3, -0.25) is 4.79 Å². The SMILES string of the molecule is C=C(C=C(C)C)c1ccccc1C.C=CC(Br)=C(C)C.CC.CCCNC(=O)c1c(O)cccc1C1CC1. The molecule has 0 heterocycles. The number of amides is 1. The van der Waals surface area contributed by atoms with Gasteiger partial charge in [0.15, 0.2) is 0 Å². The minimum Gasteiger partial charge on any atom is -0.507 e. The molecule has 1 amide bonds. The monoisotopic (exact) mass is 581 g/mol. The lowest BCUT2D eigenvalue weighted by Crippen LogP contribution is -2.25. The largest absolute Gasteiger partial charge is 0.507 e. The minimum absolute atomic E-state index is 0.0954. The van der Waals surface area contributed by atoms with E-state index in [4.69, 9.17) is 0 Å². The Balaban J connectivity index is 0.000000560. The van der Waals surface area contributed by atoms with Gasteiger partial charge in [0.05, 0.1) is 5.56 Å². The topological polar surface area (TPSA) is 49.3 Å². The smallest absolute Gasteiger partial charge is 0.255 e. The van der Waals surface area contributed by atoms with E-state index in [0.29, 0.717) is 18.0 Å². The Morgan fingerprint density at radius 3 is 2.13 bits per heavy atom. The number of hydrogen-bond donors (Lipinski definition) is 2. The summed E-state index contributed by atoms with van der Waals surface area (Å²) < 4.78 is 1.09. The molecule has 0 atom stereocenters. The van der Waals surface area contributed by atoms with Gasteiger partial charge in [0, 0.05) is 11.0 Å². The maximum Gasteiger partial charge on any atom is 0.255 e. The first-order valence-electron chi connectivity index (χ1n) is 13.5. The number of aromatic hydroxyl groups is 1. The number of allylic oxidation sites excluding steroid dienone is 6. The van der Waals surface area contributed by atoms with Crippen LogP contribution in [-0.4, -0.2) is 17.6 Å². The van der Waals surface area contributed by atoms with Gasteiger partial charge in [-0.2, -0.15) is 0 Å². The van der Waals surface area contributed by atoms with Gasteiger partial charge in [0.2, 0.25) is 0 Å². The predicted octanol–water partition coefficient (Wildman–Crippen LogP) is 10.3. The summed E-state index contributed by atoms with van der Waals surface area (Å²) >= 11 is 3.30. The third-order valence-corrected chi connectivity index (χ3v) is 6.58. The van der Waals surface area contributed by atoms with E-state index in [-0.39, 0.29) is 11.7 Å². The summed E-state index contributed by atoms with van der Waals surface area (Å²) in [6.07, 6.45) is 7.05. The number of carbonyl (C=O) groups excluding carboxylic acids is 1. The van der Waals surface area contributed by atoms with Crippen LogP contribution in [0.3, 0.4) is 0 Å². The Labute approximate surface area is 240 Å². The Kier molecular flexibility index (Phi) is 17.8. The highest BCUT2D eigenvalue weighted by atomic mass is 79.9. The highest BCUT2D eigenvalue weighted by molar-refractivity contribution is 9.11. The molecule has 38 heavy (non-hydrogen) atoms. The van der Waals surface area contributed by atoms with Crippen molar-refractivity contribution in [2.24, 2.45) is 0 Å². The van der Waals surface area contributed by atoms with Gasteiger partial charge in [-0.25, -0.2) is 0 Å². The van der Waals surface area contributed by atoms with Crippen LogP contribution in [0.25, 0.3) is 5.57 Å². The average Bonchev–Trinajstić information content (AvgIpc) is 3.74. The standard InChI is InChI=1S/C13H17NO2.C13H16.C6H9Br.C2H6/c1-2-8-14-13(16)12-10(9-6-7-9)4-3-5-11(12)15;1-10(2)9-12(4)13-8-6-5-7-11(13)3;1-4-6(7)5(2)3;1-2/h3-5,9,15H,2,6-8H2,1H3,(H,14,16);5-9H,4H2,1-3H3;4H,1H2,2-3H3;1-2H3. The second-order valence-corrected chi connectivity index (χ2v) is 10.2. The van der Waals surface area contributed by atoms with Crippen molar-refractivity contribution < 1.29 is 9.90 Å². The fourth-order valence-electron chi connectivity index (χ4n) is 3.43. The first-order valence-corrected chi connectivity index (χ1v) is 14.3. The van der Waals surface area contributed by atoms with Crippen molar-refractivity contribution in [2.45, 2.75) is 80.6 Å². The quantitative estimate of drug-likeness (QED) is 0.319. The van der Waals surface area contributed by atoms with Crippen LogP contribution in [0.1, 0.15) is 101 Å². The normalized spacial score (nSPS) is 11.1. The Morgan fingerprint density at radius 1 is 1.08 bits per heavy atom. The van der Waals surface area contributed by atoms with Crippen LogP contribution in [0.4, 0.5) is 0 Å². The summed E-state index contributed by atoms with van der Waals surface area (Å²) in [4.78, 5) is 11.9. The van der Waals surface area contributed by atoms with Gasteiger partial charge in [0.25, 0.3) is 5.91 Å². The van der Waals surface area contributed by atoms with E-state index in [1.54, 1.807) is 18.2 Å². The lowest BCUT2D eigenvalue weighted by atomic mass is 10.0. The third-order valence-electron chi connectivity index (χ3n) is 5.47. The molecule has 0 aliphatic heterocycles. The van der Waals surface area contributed by atoms with Gasteiger partial charge in [0.1, 0.15) is 5.75 Å². The van der Waals surface area contributed by atoms with Crippen LogP contribution in [0.5, 0.6) is 5.75 Å². The second kappa shape index (κ2) is 19.3. The Morgan fingerprint density at radius 2 is 1.68 bits per heavy atom. The van der Waals surface area contributed by atoms with Crippen molar-refractivity contribution in [3.63, 3.8) is 0 Å². The van der Waals surface area contributed by atoms with Gasteiger partial charge >= 0.3 is 0 Å². The molecule has 0 aromatic heterocycles. The number of halogens is 1. The molecule has 1 aliphatic rings. The molecule has 0 bridgehead atoms. The van der Waals surface area contributed by atoms with Gasteiger partial charge in [-0.1, -0.05) is 110 Å². The average molecular weight is 583 g/mol. The van der Waals surface area contributed by atoms with Crippen molar-refractivity contribution in [3.8, 4) is 5.75 Å². The molecule has 0 unspecified atom stereocenters. The molecule has 0 saturated heterocycles. The van der Waals surface area contributed by atoms with E-state index in [2.05, 4.69) is 79.5 Å². The van der Waals surface area contributed by atoms with E-state index in [1.165, 1.54) is 22.3 Å². The molecule has 1 aliphatic carbocycles. The third kappa shape index (κ3) is 13.1. The number of carbonyl (C=O) groups is 1. The lowest BCUT2D eigenvalue weighted by molar-refractivity contribution is 0.0950. The van der Waals surface area contributed by atoms with Gasteiger partial charge in [-0.05, 0) is 88.1 Å². The molecule has 3 rings (SSSR count). The molecule has 208 valence electrons. The number of aryl methyl sites for hydroxylation is 1. The number of nitrogens with one attached hydrogen (secondary N) is 1. The van der Waals surface area contributed by atoms with E-state index in [9.17, 15) is 9.90 Å². The molecule has 2 aromatic rings. The number of benzene rings is 2. The van der Waals surface area contributed by atoms with E-state index in [0.717, 1.165) is 34.9 Å². The van der Waals surface area contributed by atoms with Crippen LogP contribution in [0, 0.1) is 6.92 Å². The summed E-state index contributed by atoms with van der Waals surface area (Å²) in [7, 11) is 0. The highest BCUT2D eigenvalue weighted by Gasteiger charge is 2.29. The lowest BCUT2D eigenvalue weighted by Gasteiger charge is -2.10. The summed E-state index contributed by atoms with van der Waals surface area (Å²) in [5.41, 5.74) is 7.63. The van der Waals surface area contributed by atoms with Crippen molar-refractivity contribution in [2.75, 3.05) is 6.54 Å². The van der Waals surface area contributed by atoms with E-state index in [1.807, 2.05) is 46.8 Å². The molecule has 2 N–H and O–H groups in total. The molecule has 3 nitrogen and oxygen atoms in total. The highest BCUT2D eigenvalue weighted by Crippen LogP contribution is 2.43. The number of rotatable bonds is 7. The van der Waals surface area contributed by atoms with Crippen LogP contribution in [-0.2, 0) is 0 Å². The summed E-state index contributed by atoms with van der Waals surface area (Å²) in [5.74, 6) is 0.411. The van der Waals surface area contributed by atoms with Crippen molar-refractivity contribution in [1.29, 1.82) is 0 Å². The zero-order valence-corrected chi connectivity index (χ0v) is 26.3. The van der Waals surface area contributed by atoms with Crippen molar-refractivity contribution in [3.05, 3.63) is 106 Å². The fourth-order valence-corrected chi connectivity index (χ4v) is 3.43. The van der Waals surface area contributed by atoms with E-state index >= 15 is 0 Å². The molecular weight excluding hydrogens is 534 g/mol. The summed E-state index contributed by atoms with van der Waals surface area (Å²) in [6.45, 7) is 24.6. The summed E-state index contributed by atoms with van der Waals surface area (Å²) in [6, 6.07) is 13.6. The van der Waals surface area contributed by atoms with Crippen molar-refractivity contribution in [1.82, 2.24) is 5.32 Å². The zero-order valence-electron chi connectivity index (χ0n) is 24.7. The molecule has 1 saturated carbocycles. The van der Waals surface area contributed by atoms with Crippen molar-refractivity contribution >= 4 is 27.4 Å². The van der Waals surface area contributed by atoms with Gasteiger partial charge < -0.3 is 10.4 Å². The molecule has 0 spiro atoms.